The van der Waals surface area contributed by atoms with Gasteiger partial charge in [0.25, 0.3) is 0 Å². The number of hydrogen-bond donors (Lipinski definition) is 1. The van der Waals surface area contributed by atoms with Gasteiger partial charge in [0.1, 0.15) is 0 Å². The molecule has 18 heavy (non-hydrogen) atoms. The molecule has 1 aromatic heterocycles. The third-order valence-corrected chi connectivity index (χ3v) is 3.18. The van der Waals surface area contributed by atoms with Crippen molar-refractivity contribution in [2.45, 2.75) is 13.5 Å². The molecule has 1 N–H and O–H groups in total. The van der Waals surface area contributed by atoms with Crippen molar-refractivity contribution in [3.63, 3.8) is 0 Å². The maximum atomic E-state index is 5.08. The molecular weight excluding hydrogens is 294 g/mol. The number of anilines is 2. The number of aromatic nitrogens is 2. The van der Waals surface area contributed by atoms with Crippen LogP contribution in [0.25, 0.3) is 0 Å². The Balaban J connectivity index is 2.15. The van der Waals surface area contributed by atoms with Crippen molar-refractivity contribution in [2.24, 2.45) is 0 Å². The molecule has 96 valence electrons. The topological polar surface area (TPSA) is 39.1 Å². The number of rotatable bonds is 5. The van der Waals surface area contributed by atoms with Crippen LogP contribution in [0.4, 0.5) is 11.6 Å². The Morgan fingerprint density at radius 1 is 1.44 bits per heavy atom. The molecule has 1 aromatic carbocycles. The molecule has 0 aliphatic heterocycles. The summed E-state index contributed by atoms with van der Waals surface area (Å²) in [6.07, 6.45) is 3.72. The van der Waals surface area contributed by atoms with E-state index in [9.17, 15) is 0 Å². The highest BCUT2D eigenvalue weighted by Crippen LogP contribution is 2.23. The number of halogens is 1. The number of aryl methyl sites for hydroxylation is 1. The highest BCUT2D eigenvalue weighted by molar-refractivity contribution is 9.10. The summed E-state index contributed by atoms with van der Waals surface area (Å²) in [7, 11) is 1.70. The summed E-state index contributed by atoms with van der Waals surface area (Å²) in [5, 5.41) is 3.33. The van der Waals surface area contributed by atoms with Gasteiger partial charge in [0.2, 0.25) is 5.95 Å². The predicted octanol–water partition coefficient (Wildman–Crippen LogP) is 3.34. The zero-order valence-electron chi connectivity index (χ0n) is 10.5. The zero-order valence-corrected chi connectivity index (χ0v) is 12.1. The van der Waals surface area contributed by atoms with Gasteiger partial charge in [-0.2, -0.15) is 0 Å². The average Bonchev–Trinajstić information content (AvgIpc) is 2.77. The van der Waals surface area contributed by atoms with Crippen molar-refractivity contribution in [2.75, 3.05) is 19.0 Å². The molecule has 0 radical (unpaired) electrons. The number of nitrogens with zero attached hydrogens (tertiary/aromatic N) is 2. The fourth-order valence-corrected chi connectivity index (χ4v) is 2.17. The molecule has 2 rings (SSSR count). The predicted molar refractivity (Wildman–Crippen MR) is 76.3 cm³/mol. The molecule has 0 saturated carbocycles. The van der Waals surface area contributed by atoms with Crippen molar-refractivity contribution < 1.29 is 4.74 Å². The van der Waals surface area contributed by atoms with E-state index in [1.807, 2.05) is 22.9 Å². The van der Waals surface area contributed by atoms with Crippen molar-refractivity contribution >= 4 is 27.6 Å². The molecule has 0 aliphatic rings. The van der Waals surface area contributed by atoms with Gasteiger partial charge in [0.15, 0.2) is 0 Å². The standard InChI is InChI=1S/C13H16BrN3O/c1-10-9-11(14)3-4-12(10)16-13-15-5-6-17(13)7-8-18-2/h3-6,9H,7-8H2,1-2H3,(H,15,16). The molecule has 0 fully saturated rings. The van der Waals surface area contributed by atoms with E-state index in [0.29, 0.717) is 6.61 Å². The molecule has 0 saturated heterocycles. The van der Waals surface area contributed by atoms with E-state index in [1.54, 1.807) is 13.3 Å². The van der Waals surface area contributed by atoms with Gasteiger partial charge in [-0.1, -0.05) is 15.9 Å². The van der Waals surface area contributed by atoms with Crippen LogP contribution in [0, 0.1) is 6.92 Å². The second-order valence-corrected chi connectivity index (χ2v) is 4.94. The second-order valence-electron chi connectivity index (χ2n) is 4.02. The third kappa shape index (κ3) is 3.11. The van der Waals surface area contributed by atoms with Gasteiger partial charge in [-0.25, -0.2) is 4.98 Å². The fourth-order valence-electron chi connectivity index (χ4n) is 1.69. The lowest BCUT2D eigenvalue weighted by Gasteiger charge is -2.11. The van der Waals surface area contributed by atoms with Crippen LogP contribution in [0.1, 0.15) is 5.56 Å². The molecule has 0 atom stereocenters. The van der Waals surface area contributed by atoms with Gasteiger partial charge in [-0.05, 0) is 30.7 Å². The van der Waals surface area contributed by atoms with Crippen LogP contribution in [0.2, 0.25) is 0 Å². The molecule has 0 unspecified atom stereocenters. The Morgan fingerprint density at radius 3 is 3.00 bits per heavy atom. The summed E-state index contributed by atoms with van der Waals surface area (Å²) < 4.78 is 8.19. The fraction of sp³-hybridized carbons (Fsp3) is 0.308. The molecule has 5 heteroatoms. The van der Waals surface area contributed by atoms with Gasteiger partial charge >= 0.3 is 0 Å². The Labute approximate surface area is 115 Å². The number of nitrogens with one attached hydrogen (secondary N) is 1. The maximum absolute atomic E-state index is 5.08. The Morgan fingerprint density at radius 2 is 2.28 bits per heavy atom. The van der Waals surface area contributed by atoms with Crippen LogP contribution in [-0.2, 0) is 11.3 Å². The summed E-state index contributed by atoms with van der Waals surface area (Å²) in [6.45, 7) is 3.52. The number of methoxy groups -OCH3 is 1. The van der Waals surface area contributed by atoms with Crippen LogP contribution in [0.5, 0.6) is 0 Å². The van der Waals surface area contributed by atoms with Crippen LogP contribution in [0.15, 0.2) is 35.1 Å². The minimum absolute atomic E-state index is 0.671. The summed E-state index contributed by atoms with van der Waals surface area (Å²) in [5.74, 6) is 0.831. The van der Waals surface area contributed by atoms with E-state index in [2.05, 4.69) is 39.2 Å². The van der Waals surface area contributed by atoms with Crippen LogP contribution in [0.3, 0.4) is 0 Å². The molecule has 0 spiro atoms. The lowest BCUT2D eigenvalue weighted by atomic mass is 10.2. The summed E-state index contributed by atoms with van der Waals surface area (Å²) in [5.41, 5.74) is 2.23. The first kappa shape index (κ1) is 13.1. The van der Waals surface area contributed by atoms with E-state index >= 15 is 0 Å². The van der Waals surface area contributed by atoms with E-state index in [4.69, 9.17) is 4.74 Å². The van der Waals surface area contributed by atoms with Crippen molar-refractivity contribution in [3.8, 4) is 0 Å². The summed E-state index contributed by atoms with van der Waals surface area (Å²) >= 11 is 3.46. The van der Waals surface area contributed by atoms with E-state index in [0.717, 1.165) is 22.7 Å². The van der Waals surface area contributed by atoms with Gasteiger partial charge < -0.3 is 14.6 Å². The van der Waals surface area contributed by atoms with Crippen molar-refractivity contribution in [3.05, 3.63) is 40.6 Å². The molecular formula is C13H16BrN3O. The summed E-state index contributed by atoms with van der Waals surface area (Å²) in [6, 6.07) is 6.12. The first-order chi connectivity index (χ1) is 8.70. The number of ether oxygens (including phenoxy) is 1. The minimum Gasteiger partial charge on any atom is -0.383 e. The minimum atomic E-state index is 0.671. The molecule has 0 amide bonds. The monoisotopic (exact) mass is 309 g/mol. The van der Waals surface area contributed by atoms with Gasteiger partial charge in [-0.3, -0.25) is 0 Å². The van der Waals surface area contributed by atoms with Crippen molar-refractivity contribution in [1.82, 2.24) is 9.55 Å². The zero-order chi connectivity index (χ0) is 13.0. The highest BCUT2D eigenvalue weighted by Gasteiger charge is 2.05. The van der Waals surface area contributed by atoms with Gasteiger partial charge in [0.05, 0.1) is 6.61 Å². The molecule has 0 aliphatic carbocycles. The first-order valence-corrected chi connectivity index (χ1v) is 6.53. The quantitative estimate of drug-likeness (QED) is 0.920. The summed E-state index contributed by atoms with van der Waals surface area (Å²) in [4.78, 5) is 4.31. The van der Waals surface area contributed by atoms with E-state index < -0.39 is 0 Å². The molecule has 4 nitrogen and oxygen atoms in total. The van der Waals surface area contributed by atoms with Gasteiger partial charge in [0, 0.05) is 36.2 Å². The lowest BCUT2D eigenvalue weighted by Crippen LogP contribution is -2.07. The van der Waals surface area contributed by atoms with E-state index in [1.165, 1.54) is 5.56 Å². The van der Waals surface area contributed by atoms with Crippen molar-refractivity contribution in [1.29, 1.82) is 0 Å². The molecule has 2 aromatic rings. The van der Waals surface area contributed by atoms with Crippen LogP contribution in [-0.4, -0.2) is 23.3 Å². The smallest absolute Gasteiger partial charge is 0.207 e. The second kappa shape index (κ2) is 6.02. The van der Waals surface area contributed by atoms with E-state index in [-0.39, 0.29) is 0 Å². The molecule has 1 heterocycles. The van der Waals surface area contributed by atoms with Gasteiger partial charge in [-0.15, -0.1) is 0 Å². The van der Waals surface area contributed by atoms with Crippen LogP contribution < -0.4 is 5.32 Å². The Kier molecular flexibility index (Phi) is 4.38. The number of hydrogen-bond acceptors (Lipinski definition) is 3. The molecule has 0 bridgehead atoms. The SMILES string of the molecule is COCCn1ccnc1Nc1ccc(Br)cc1C. The average molecular weight is 310 g/mol. The maximum Gasteiger partial charge on any atom is 0.207 e. The Hall–Kier alpha value is -1.33. The largest absolute Gasteiger partial charge is 0.383 e. The Bertz CT molecular complexity index is 525. The lowest BCUT2D eigenvalue weighted by molar-refractivity contribution is 0.188. The number of imidazole rings is 1. The third-order valence-electron chi connectivity index (χ3n) is 2.69. The normalized spacial score (nSPS) is 10.6. The van der Waals surface area contributed by atoms with Crippen LogP contribution >= 0.6 is 15.9 Å². The first-order valence-electron chi connectivity index (χ1n) is 5.74. The number of benzene rings is 1. The highest BCUT2D eigenvalue weighted by atomic mass is 79.9.